The Bertz CT molecular complexity index is 360. The van der Waals surface area contributed by atoms with Crippen LogP contribution in [0.15, 0.2) is 18.3 Å². The van der Waals surface area contributed by atoms with Crippen molar-refractivity contribution in [2.24, 2.45) is 5.73 Å². The highest BCUT2D eigenvalue weighted by atomic mass is 16.5. The number of nitrogens with two attached hydrogens (primary N) is 1. The van der Waals surface area contributed by atoms with Crippen molar-refractivity contribution in [1.82, 2.24) is 4.98 Å². The lowest BCUT2D eigenvalue weighted by molar-refractivity contribution is 0.116. The number of rotatable bonds is 5. The van der Waals surface area contributed by atoms with Crippen LogP contribution in [0.2, 0.25) is 0 Å². The van der Waals surface area contributed by atoms with E-state index in [9.17, 15) is 0 Å². The Labute approximate surface area is 109 Å². The van der Waals surface area contributed by atoms with Gasteiger partial charge in [0.15, 0.2) is 0 Å². The van der Waals surface area contributed by atoms with E-state index in [1.807, 2.05) is 12.3 Å². The minimum atomic E-state index is 0.0440. The molecule has 2 atom stereocenters. The Kier molecular flexibility index (Phi) is 4.55. The van der Waals surface area contributed by atoms with E-state index in [1.54, 1.807) is 0 Å². The number of aromatic nitrogens is 1. The summed E-state index contributed by atoms with van der Waals surface area (Å²) in [4.78, 5) is 6.64. The third-order valence-corrected chi connectivity index (χ3v) is 3.53. The number of likely N-dealkylation sites (N-methyl/N-ethyl adjacent to an activating group) is 1. The van der Waals surface area contributed by atoms with Gasteiger partial charge in [-0.15, -0.1) is 0 Å². The van der Waals surface area contributed by atoms with E-state index in [2.05, 4.69) is 29.9 Å². The van der Waals surface area contributed by atoms with Gasteiger partial charge in [-0.3, -0.25) is 4.98 Å². The van der Waals surface area contributed by atoms with Gasteiger partial charge in [0.1, 0.15) is 0 Å². The van der Waals surface area contributed by atoms with E-state index in [0.29, 0.717) is 6.10 Å². The summed E-state index contributed by atoms with van der Waals surface area (Å²) in [5.74, 6) is 0. The molecule has 0 aliphatic carbocycles. The number of ether oxygens (including phenoxy) is 1. The Hall–Kier alpha value is -1.13. The molecular weight excluding hydrogens is 226 g/mol. The molecule has 2 rings (SSSR count). The van der Waals surface area contributed by atoms with Crippen molar-refractivity contribution in [3.05, 3.63) is 24.0 Å². The van der Waals surface area contributed by atoms with Crippen molar-refractivity contribution in [2.45, 2.75) is 38.3 Å². The van der Waals surface area contributed by atoms with Crippen LogP contribution in [0.1, 0.15) is 37.9 Å². The van der Waals surface area contributed by atoms with Gasteiger partial charge in [0.25, 0.3) is 0 Å². The Balaban J connectivity index is 1.95. The zero-order chi connectivity index (χ0) is 13.0. The van der Waals surface area contributed by atoms with Gasteiger partial charge in [0, 0.05) is 26.2 Å². The SMILES string of the molecule is CC[C@@H](N)c1ccc(N(C)CC2CCCO2)cn1. The Morgan fingerprint density at radius 2 is 2.39 bits per heavy atom. The van der Waals surface area contributed by atoms with Crippen LogP contribution in [0.3, 0.4) is 0 Å². The van der Waals surface area contributed by atoms with Crippen LogP contribution in [0.25, 0.3) is 0 Å². The maximum atomic E-state index is 5.96. The second-order valence-electron chi connectivity index (χ2n) is 4.97. The minimum Gasteiger partial charge on any atom is -0.376 e. The molecule has 0 radical (unpaired) electrons. The van der Waals surface area contributed by atoms with Gasteiger partial charge in [-0.25, -0.2) is 0 Å². The normalized spacial score (nSPS) is 20.9. The van der Waals surface area contributed by atoms with Crippen LogP contribution in [0, 0.1) is 0 Å². The first-order valence-electron chi connectivity index (χ1n) is 6.75. The fraction of sp³-hybridized carbons (Fsp3) is 0.643. The van der Waals surface area contributed by atoms with Gasteiger partial charge in [0.05, 0.1) is 23.7 Å². The topological polar surface area (TPSA) is 51.4 Å². The summed E-state index contributed by atoms with van der Waals surface area (Å²) in [6, 6.07) is 4.16. The molecular formula is C14H23N3O. The van der Waals surface area contributed by atoms with E-state index in [0.717, 1.165) is 37.4 Å². The van der Waals surface area contributed by atoms with Crippen molar-refractivity contribution in [1.29, 1.82) is 0 Å². The summed E-state index contributed by atoms with van der Waals surface area (Å²) in [5, 5.41) is 0. The molecule has 0 spiro atoms. The molecule has 4 nitrogen and oxygen atoms in total. The lowest BCUT2D eigenvalue weighted by atomic mass is 10.1. The van der Waals surface area contributed by atoms with Crippen molar-refractivity contribution < 1.29 is 4.74 Å². The first-order valence-corrected chi connectivity index (χ1v) is 6.75. The van der Waals surface area contributed by atoms with Crippen molar-refractivity contribution in [2.75, 3.05) is 25.1 Å². The monoisotopic (exact) mass is 249 g/mol. The van der Waals surface area contributed by atoms with E-state index in [4.69, 9.17) is 10.5 Å². The van der Waals surface area contributed by atoms with Crippen molar-refractivity contribution in [3.8, 4) is 0 Å². The number of anilines is 1. The predicted octanol–water partition coefficient (Wildman–Crippen LogP) is 2.11. The average molecular weight is 249 g/mol. The van der Waals surface area contributed by atoms with Crippen LogP contribution < -0.4 is 10.6 Å². The molecule has 0 bridgehead atoms. The van der Waals surface area contributed by atoms with Crippen LogP contribution in [0.5, 0.6) is 0 Å². The molecule has 1 saturated heterocycles. The zero-order valence-corrected chi connectivity index (χ0v) is 11.3. The fourth-order valence-electron chi connectivity index (χ4n) is 2.25. The van der Waals surface area contributed by atoms with Gasteiger partial charge in [-0.1, -0.05) is 6.92 Å². The second-order valence-corrected chi connectivity index (χ2v) is 4.97. The molecule has 18 heavy (non-hydrogen) atoms. The third kappa shape index (κ3) is 3.21. The zero-order valence-electron chi connectivity index (χ0n) is 11.3. The summed E-state index contributed by atoms with van der Waals surface area (Å²) >= 11 is 0. The highest BCUT2D eigenvalue weighted by Gasteiger charge is 2.17. The molecule has 1 aliphatic heterocycles. The molecule has 1 aromatic rings. The van der Waals surface area contributed by atoms with Crippen molar-refractivity contribution >= 4 is 5.69 Å². The minimum absolute atomic E-state index is 0.0440. The first kappa shape index (κ1) is 13.3. The predicted molar refractivity (Wildman–Crippen MR) is 73.7 cm³/mol. The highest BCUT2D eigenvalue weighted by molar-refractivity contribution is 5.44. The number of hydrogen-bond donors (Lipinski definition) is 1. The van der Waals surface area contributed by atoms with E-state index >= 15 is 0 Å². The highest BCUT2D eigenvalue weighted by Crippen LogP contribution is 2.19. The van der Waals surface area contributed by atoms with Gasteiger partial charge in [-0.05, 0) is 31.4 Å². The van der Waals surface area contributed by atoms with Gasteiger partial charge >= 0.3 is 0 Å². The quantitative estimate of drug-likeness (QED) is 0.868. The van der Waals surface area contributed by atoms with Gasteiger partial charge < -0.3 is 15.4 Å². The lowest BCUT2D eigenvalue weighted by Gasteiger charge is -2.22. The van der Waals surface area contributed by atoms with Crippen LogP contribution in [-0.4, -0.2) is 31.3 Å². The number of nitrogens with zero attached hydrogens (tertiary/aromatic N) is 2. The number of pyridine rings is 1. The molecule has 4 heteroatoms. The summed E-state index contributed by atoms with van der Waals surface area (Å²) in [7, 11) is 2.08. The molecule has 1 aromatic heterocycles. The fourth-order valence-corrected chi connectivity index (χ4v) is 2.25. The lowest BCUT2D eigenvalue weighted by Crippen LogP contribution is -2.28. The van der Waals surface area contributed by atoms with Crippen LogP contribution >= 0.6 is 0 Å². The van der Waals surface area contributed by atoms with Crippen LogP contribution in [-0.2, 0) is 4.74 Å². The molecule has 0 amide bonds. The van der Waals surface area contributed by atoms with E-state index in [-0.39, 0.29) is 6.04 Å². The van der Waals surface area contributed by atoms with E-state index < -0.39 is 0 Å². The molecule has 1 aliphatic rings. The van der Waals surface area contributed by atoms with Gasteiger partial charge in [0.2, 0.25) is 0 Å². The largest absolute Gasteiger partial charge is 0.376 e. The Morgan fingerprint density at radius 1 is 1.56 bits per heavy atom. The van der Waals surface area contributed by atoms with Crippen LogP contribution in [0.4, 0.5) is 5.69 Å². The van der Waals surface area contributed by atoms with E-state index in [1.165, 1.54) is 6.42 Å². The molecule has 0 aromatic carbocycles. The summed E-state index contributed by atoms with van der Waals surface area (Å²) in [6.07, 6.45) is 5.53. The molecule has 0 saturated carbocycles. The maximum absolute atomic E-state index is 5.96. The first-order chi connectivity index (χ1) is 8.70. The molecule has 100 valence electrons. The number of hydrogen-bond acceptors (Lipinski definition) is 4. The second kappa shape index (κ2) is 6.16. The van der Waals surface area contributed by atoms with Gasteiger partial charge in [-0.2, -0.15) is 0 Å². The molecule has 1 fully saturated rings. The summed E-state index contributed by atoms with van der Waals surface area (Å²) in [5.41, 5.74) is 8.04. The Morgan fingerprint density at radius 3 is 2.94 bits per heavy atom. The standard InChI is InChI=1S/C14H23N3O/c1-3-13(15)14-7-6-11(9-16-14)17(2)10-12-5-4-8-18-12/h6-7,9,12-13H,3-5,8,10,15H2,1-2H3/t12?,13-/m1/s1. The smallest absolute Gasteiger partial charge is 0.0750 e. The summed E-state index contributed by atoms with van der Waals surface area (Å²) < 4.78 is 5.64. The summed E-state index contributed by atoms with van der Waals surface area (Å²) in [6.45, 7) is 3.91. The third-order valence-electron chi connectivity index (χ3n) is 3.53. The van der Waals surface area contributed by atoms with Crippen molar-refractivity contribution in [3.63, 3.8) is 0 Å². The molecule has 2 heterocycles. The maximum Gasteiger partial charge on any atom is 0.0750 e. The molecule has 2 N–H and O–H groups in total. The molecule has 1 unspecified atom stereocenters. The average Bonchev–Trinajstić information content (AvgIpc) is 2.91.